The molecule has 2 aromatic carbocycles. The maximum absolute atomic E-state index is 13.4. The van der Waals surface area contributed by atoms with E-state index in [-0.39, 0.29) is 30.0 Å². The Balaban J connectivity index is 1.56. The molecule has 0 unspecified atom stereocenters. The number of aromatic nitrogens is 1. The number of piperidine rings is 1. The van der Waals surface area contributed by atoms with Crippen LogP contribution < -0.4 is 0 Å². The van der Waals surface area contributed by atoms with Crippen LogP contribution in [0.3, 0.4) is 0 Å². The average Bonchev–Trinajstić information content (AvgIpc) is 2.91. The molecule has 4 nitrogen and oxygen atoms in total. The van der Waals surface area contributed by atoms with Gasteiger partial charge in [-0.2, -0.15) is 26.3 Å². The van der Waals surface area contributed by atoms with E-state index in [1.807, 2.05) is 30.3 Å². The molecule has 1 fully saturated rings. The van der Waals surface area contributed by atoms with Crippen LogP contribution in [-0.2, 0) is 21.9 Å². The Morgan fingerprint density at radius 1 is 0.974 bits per heavy atom. The Morgan fingerprint density at radius 3 is 2.21 bits per heavy atom. The number of nitrogens with zero attached hydrogens (tertiary/aromatic N) is 2. The van der Waals surface area contributed by atoms with E-state index in [2.05, 4.69) is 4.98 Å². The number of rotatable bonds is 6. The standard InChI is InChI=1S/C29H26F6N2O2/c1-19(21-15-22(28(30,31)32)17-23(16-21)29(33,34)35)39-26-12-14-37(18-25(26)20-7-3-2-4-8-20)27(38)11-10-24-9-5-6-13-36-24/h2-11,13,15-17,19,25-26H,12,14,18H2,1H3/t19-,25+,26+/m1/s1. The van der Waals surface area contributed by atoms with Gasteiger partial charge in [-0.05, 0) is 60.9 Å². The Morgan fingerprint density at radius 2 is 1.62 bits per heavy atom. The molecule has 1 saturated heterocycles. The Bertz CT molecular complexity index is 1260. The first-order valence-corrected chi connectivity index (χ1v) is 12.3. The van der Waals surface area contributed by atoms with Crippen molar-refractivity contribution in [1.29, 1.82) is 0 Å². The second kappa shape index (κ2) is 11.6. The Labute approximate surface area is 221 Å². The molecule has 0 radical (unpaired) electrons. The fourth-order valence-electron chi connectivity index (χ4n) is 4.60. The zero-order chi connectivity index (χ0) is 28.2. The molecule has 0 saturated carbocycles. The minimum atomic E-state index is -4.95. The summed E-state index contributed by atoms with van der Waals surface area (Å²) < 4.78 is 86.4. The molecule has 1 aliphatic heterocycles. The van der Waals surface area contributed by atoms with E-state index >= 15 is 0 Å². The van der Waals surface area contributed by atoms with Crippen LogP contribution in [0.2, 0.25) is 0 Å². The van der Waals surface area contributed by atoms with Gasteiger partial charge in [0.05, 0.1) is 29.0 Å². The summed E-state index contributed by atoms with van der Waals surface area (Å²) in [6, 6.07) is 16.0. The average molecular weight is 549 g/mol. The highest BCUT2D eigenvalue weighted by Crippen LogP contribution is 2.39. The van der Waals surface area contributed by atoms with E-state index in [0.717, 1.165) is 5.56 Å². The summed E-state index contributed by atoms with van der Waals surface area (Å²) in [7, 11) is 0. The number of likely N-dealkylation sites (tertiary alicyclic amines) is 1. The first-order chi connectivity index (χ1) is 18.4. The van der Waals surface area contributed by atoms with Gasteiger partial charge in [-0.25, -0.2) is 0 Å². The van der Waals surface area contributed by atoms with Crippen LogP contribution in [0.15, 0.2) is 79.0 Å². The molecule has 2 heterocycles. The molecular weight excluding hydrogens is 522 g/mol. The highest BCUT2D eigenvalue weighted by molar-refractivity contribution is 5.91. The third-order valence-corrected chi connectivity index (χ3v) is 6.63. The SMILES string of the molecule is C[C@@H](O[C@H]1CCN(C(=O)C=Cc2ccccn2)C[C@H]1c1ccccc1)c1cc(C(F)(F)F)cc(C(F)(F)F)c1. The van der Waals surface area contributed by atoms with Gasteiger partial charge in [-0.15, -0.1) is 0 Å². The molecule has 10 heteroatoms. The number of halogens is 6. The molecule has 0 N–H and O–H groups in total. The van der Waals surface area contributed by atoms with E-state index in [1.165, 1.54) is 13.0 Å². The Hall–Kier alpha value is -3.66. The number of pyridine rings is 1. The van der Waals surface area contributed by atoms with E-state index < -0.39 is 35.7 Å². The monoisotopic (exact) mass is 548 g/mol. The van der Waals surface area contributed by atoms with Crippen molar-refractivity contribution in [2.75, 3.05) is 13.1 Å². The summed E-state index contributed by atoms with van der Waals surface area (Å²) in [6.45, 7) is 2.01. The van der Waals surface area contributed by atoms with Crippen LogP contribution in [0, 0.1) is 0 Å². The minimum absolute atomic E-state index is 0.103. The number of alkyl halides is 6. The number of ether oxygens (including phenoxy) is 1. The number of hydrogen-bond acceptors (Lipinski definition) is 3. The zero-order valence-corrected chi connectivity index (χ0v) is 20.9. The molecule has 1 amide bonds. The van der Waals surface area contributed by atoms with Gasteiger partial charge in [0.2, 0.25) is 5.91 Å². The predicted molar refractivity (Wildman–Crippen MR) is 133 cm³/mol. The lowest BCUT2D eigenvalue weighted by molar-refractivity contribution is -0.143. The van der Waals surface area contributed by atoms with Crippen molar-refractivity contribution in [3.05, 3.63) is 107 Å². The first-order valence-electron chi connectivity index (χ1n) is 12.3. The van der Waals surface area contributed by atoms with E-state index in [0.29, 0.717) is 30.8 Å². The summed E-state index contributed by atoms with van der Waals surface area (Å²) in [5.74, 6) is -0.580. The van der Waals surface area contributed by atoms with E-state index in [1.54, 1.807) is 35.4 Å². The van der Waals surface area contributed by atoms with Crippen LogP contribution in [-0.4, -0.2) is 35.0 Å². The van der Waals surface area contributed by atoms with Gasteiger partial charge in [0, 0.05) is 31.3 Å². The number of carbonyl (C=O) groups excluding carboxylic acids is 1. The number of carbonyl (C=O) groups is 1. The van der Waals surface area contributed by atoms with Crippen LogP contribution in [0.4, 0.5) is 26.3 Å². The van der Waals surface area contributed by atoms with Crippen molar-refractivity contribution in [1.82, 2.24) is 9.88 Å². The van der Waals surface area contributed by atoms with Gasteiger partial charge in [0.15, 0.2) is 0 Å². The third kappa shape index (κ3) is 7.26. The van der Waals surface area contributed by atoms with Crippen molar-refractivity contribution in [2.24, 2.45) is 0 Å². The minimum Gasteiger partial charge on any atom is -0.370 e. The fourth-order valence-corrected chi connectivity index (χ4v) is 4.60. The summed E-state index contributed by atoms with van der Waals surface area (Å²) in [4.78, 5) is 18.7. The fraction of sp³-hybridized carbons (Fsp3) is 0.310. The first kappa shape index (κ1) is 28.4. The largest absolute Gasteiger partial charge is 0.416 e. The highest BCUT2D eigenvalue weighted by Gasteiger charge is 2.38. The van der Waals surface area contributed by atoms with Gasteiger partial charge >= 0.3 is 12.4 Å². The molecular formula is C29H26F6N2O2. The molecule has 206 valence electrons. The molecule has 1 aliphatic rings. The van der Waals surface area contributed by atoms with Crippen molar-refractivity contribution < 1.29 is 35.9 Å². The number of hydrogen-bond donors (Lipinski definition) is 0. The predicted octanol–water partition coefficient (Wildman–Crippen LogP) is 7.29. The molecule has 39 heavy (non-hydrogen) atoms. The smallest absolute Gasteiger partial charge is 0.370 e. The van der Waals surface area contributed by atoms with Gasteiger partial charge < -0.3 is 9.64 Å². The lowest BCUT2D eigenvalue weighted by Gasteiger charge is -2.39. The van der Waals surface area contributed by atoms with Crippen molar-refractivity contribution in [2.45, 2.75) is 43.8 Å². The second-order valence-electron chi connectivity index (χ2n) is 9.33. The summed E-state index contributed by atoms with van der Waals surface area (Å²) in [5.41, 5.74) is -1.52. The molecule has 1 aromatic heterocycles. The van der Waals surface area contributed by atoms with Crippen LogP contribution >= 0.6 is 0 Å². The maximum atomic E-state index is 13.4. The zero-order valence-electron chi connectivity index (χ0n) is 20.9. The van der Waals surface area contributed by atoms with Crippen LogP contribution in [0.5, 0.6) is 0 Å². The molecule has 0 bridgehead atoms. The lowest BCUT2D eigenvalue weighted by atomic mass is 9.87. The van der Waals surface area contributed by atoms with Crippen LogP contribution in [0.25, 0.3) is 6.08 Å². The Kier molecular flexibility index (Phi) is 8.44. The number of benzene rings is 2. The molecule has 0 spiro atoms. The summed E-state index contributed by atoms with van der Waals surface area (Å²) in [6.07, 6.45) is -6.51. The molecule has 3 aromatic rings. The summed E-state index contributed by atoms with van der Waals surface area (Å²) in [5, 5.41) is 0. The quantitative estimate of drug-likeness (QED) is 0.240. The topological polar surface area (TPSA) is 42.4 Å². The lowest BCUT2D eigenvalue weighted by Crippen LogP contribution is -2.45. The van der Waals surface area contributed by atoms with Gasteiger partial charge in [-0.3, -0.25) is 9.78 Å². The molecule has 4 rings (SSSR count). The van der Waals surface area contributed by atoms with Crippen molar-refractivity contribution >= 4 is 12.0 Å². The van der Waals surface area contributed by atoms with Crippen LogP contribution in [0.1, 0.15) is 53.3 Å². The van der Waals surface area contributed by atoms with Gasteiger partial charge in [-0.1, -0.05) is 36.4 Å². The molecule has 3 atom stereocenters. The van der Waals surface area contributed by atoms with Gasteiger partial charge in [0.1, 0.15) is 0 Å². The molecule has 0 aliphatic carbocycles. The normalized spacial score (nSPS) is 19.3. The summed E-state index contributed by atoms with van der Waals surface area (Å²) >= 11 is 0. The van der Waals surface area contributed by atoms with Crippen molar-refractivity contribution in [3.8, 4) is 0 Å². The highest BCUT2D eigenvalue weighted by atomic mass is 19.4. The van der Waals surface area contributed by atoms with Crippen molar-refractivity contribution in [3.63, 3.8) is 0 Å². The van der Waals surface area contributed by atoms with E-state index in [9.17, 15) is 31.1 Å². The van der Waals surface area contributed by atoms with Gasteiger partial charge in [0.25, 0.3) is 0 Å². The second-order valence-corrected chi connectivity index (χ2v) is 9.33. The number of amides is 1. The maximum Gasteiger partial charge on any atom is 0.416 e. The third-order valence-electron chi connectivity index (χ3n) is 6.63. The van der Waals surface area contributed by atoms with E-state index in [4.69, 9.17) is 4.74 Å².